The number of imidazole rings is 1. The number of halogens is 3. The molecule has 104 valence electrons. The van der Waals surface area contributed by atoms with Crippen LogP contribution in [0.15, 0.2) is 12.1 Å². The molecule has 1 aromatic heterocycles. The second-order valence-electron chi connectivity index (χ2n) is 4.20. The van der Waals surface area contributed by atoms with E-state index in [1.807, 2.05) is 0 Å². The van der Waals surface area contributed by atoms with E-state index >= 15 is 0 Å². The average molecular weight is 325 g/mol. The van der Waals surface area contributed by atoms with Gasteiger partial charge in [-0.05, 0) is 6.07 Å². The van der Waals surface area contributed by atoms with Crippen molar-refractivity contribution in [2.45, 2.75) is 12.4 Å². The van der Waals surface area contributed by atoms with E-state index in [9.17, 15) is 12.8 Å². The van der Waals surface area contributed by atoms with Crippen LogP contribution < -0.4 is 0 Å². The van der Waals surface area contributed by atoms with Gasteiger partial charge in [0.1, 0.15) is 21.5 Å². The predicted molar refractivity (Wildman–Crippen MR) is 74.0 cm³/mol. The highest BCUT2D eigenvalue weighted by atomic mass is 35.5. The highest BCUT2D eigenvalue weighted by Gasteiger charge is 2.14. The van der Waals surface area contributed by atoms with Crippen LogP contribution in [-0.2, 0) is 22.3 Å². The number of fused-ring (bicyclic) bond motifs is 1. The maximum Gasteiger partial charge on any atom is 0.149 e. The predicted octanol–water partition coefficient (Wildman–Crippen LogP) is 2.61. The van der Waals surface area contributed by atoms with Gasteiger partial charge in [0.2, 0.25) is 0 Å². The minimum Gasteiger partial charge on any atom is -0.326 e. The lowest BCUT2D eigenvalue weighted by Gasteiger charge is -2.07. The number of aromatic nitrogens is 2. The molecule has 0 unspecified atom stereocenters. The molecular weight excluding hydrogens is 314 g/mol. The molecule has 19 heavy (non-hydrogen) atoms. The van der Waals surface area contributed by atoms with Crippen molar-refractivity contribution in [2.75, 3.05) is 12.0 Å². The molecule has 0 saturated carbocycles. The molecular formula is C11H11Cl2FN2O2S. The van der Waals surface area contributed by atoms with Crippen molar-refractivity contribution in [1.29, 1.82) is 0 Å². The minimum absolute atomic E-state index is 0.0332. The summed E-state index contributed by atoms with van der Waals surface area (Å²) in [6.07, 6.45) is 1.15. The Bertz CT molecular complexity index is 728. The number of sulfone groups is 1. The molecule has 8 heteroatoms. The fourth-order valence-corrected chi connectivity index (χ4v) is 2.65. The Morgan fingerprint density at radius 3 is 2.68 bits per heavy atom. The summed E-state index contributed by atoms with van der Waals surface area (Å²) in [5.41, 5.74) is 0.983. The third-order valence-electron chi connectivity index (χ3n) is 2.67. The van der Waals surface area contributed by atoms with E-state index in [1.54, 1.807) is 4.57 Å². The van der Waals surface area contributed by atoms with E-state index in [-0.39, 0.29) is 23.2 Å². The van der Waals surface area contributed by atoms with E-state index in [4.69, 9.17) is 23.2 Å². The molecule has 0 N–H and O–H groups in total. The molecule has 0 atom stereocenters. The minimum atomic E-state index is -3.11. The van der Waals surface area contributed by atoms with Crippen molar-refractivity contribution >= 4 is 44.1 Å². The van der Waals surface area contributed by atoms with Crippen molar-refractivity contribution in [1.82, 2.24) is 9.55 Å². The van der Waals surface area contributed by atoms with E-state index in [0.29, 0.717) is 16.9 Å². The van der Waals surface area contributed by atoms with Gasteiger partial charge in [-0.15, -0.1) is 11.6 Å². The number of hydrogen-bond donors (Lipinski definition) is 0. The third-order valence-corrected chi connectivity index (χ3v) is 4.13. The number of aryl methyl sites for hydroxylation is 1. The highest BCUT2D eigenvalue weighted by Crippen LogP contribution is 2.24. The summed E-state index contributed by atoms with van der Waals surface area (Å²) in [5, 5.41) is -0.0332. The second-order valence-corrected chi connectivity index (χ2v) is 7.13. The van der Waals surface area contributed by atoms with Gasteiger partial charge in [-0.1, -0.05) is 11.6 Å². The Morgan fingerprint density at radius 2 is 2.11 bits per heavy atom. The van der Waals surface area contributed by atoms with Gasteiger partial charge in [0.25, 0.3) is 0 Å². The number of benzene rings is 1. The van der Waals surface area contributed by atoms with Crippen molar-refractivity contribution in [3.8, 4) is 0 Å². The van der Waals surface area contributed by atoms with E-state index in [2.05, 4.69) is 4.98 Å². The largest absolute Gasteiger partial charge is 0.326 e. The van der Waals surface area contributed by atoms with Crippen LogP contribution >= 0.6 is 23.2 Å². The highest BCUT2D eigenvalue weighted by molar-refractivity contribution is 7.90. The average Bonchev–Trinajstić information content (AvgIpc) is 2.63. The number of alkyl halides is 1. The summed E-state index contributed by atoms with van der Waals surface area (Å²) < 4.78 is 37.5. The molecule has 0 aliphatic rings. The van der Waals surface area contributed by atoms with Crippen molar-refractivity contribution in [3.63, 3.8) is 0 Å². The van der Waals surface area contributed by atoms with Crippen LogP contribution in [-0.4, -0.2) is 30.0 Å². The number of nitrogens with zero attached hydrogens (tertiary/aromatic N) is 2. The Labute approximate surface area is 120 Å². The molecule has 1 heterocycles. The molecule has 0 aliphatic heterocycles. The second kappa shape index (κ2) is 5.26. The van der Waals surface area contributed by atoms with Gasteiger partial charge in [-0.25, -0.2) is 17.8 Å². The summed E-state index contributed by atoms with van der Waals surface area (Å²) >= 11 is 11.5. The molecule has 2 rings (SSSR count). The lowest BCUT2D eigenvalue weighted by Crippen LogP contribution is -2.12. The van der Waals surface area contributed by atoms with Crippen LogP contribution in [0.1, 0.15) is 5.82 Å². The first kappa shape index (κ1) is 14.6. The van der Waals surface area contributed by atoms with Gasteiger partial charge in [-0.3, -0.25) is 0 Å². The summed E-state index contributed by atoms with van der Waals surface area (Å²) in [7, 11) is -3.11. The van der Waals surface area contributed by atoms with Gasteiger partial charge >= 0.3 is 0 Å². The fraction of sp³-hybridized carbons (Fsp3) is 0.364. The zero-order chi connectivity index (χ0) is 14.2. The first-order chi connectivity index (χ1) is 8.81. The lowest BCUT2D eigenvalue weighted by molar-refractivity contribution is 0.594. The number of rotatable bonds is 4. The molecule has 0 amide bonds. The van der Waals surface area contributed by atoms with Crippen LogP contribution in [0.3, 0.4) is 0 Å². The molecule has 1 aromatic carbocycles. The molecule has 4 nitrogen and oxygen atoms in total. The van der Waals surface area contributed by atoms with E-state index in [0.717, 1.165) is 6.26 Å². The smallest absolute Gasteiger partial charge is 0.149 e. The van der Waals surface area contributed by atoms with Gasteiger partial charge in [-0.2, -0.15) is 0 Å². The summed E-state index contributed by atoms with van der Waals surface area (Å²) in [4.78, 5) is 4.17. The summed E-state index contributed by atoms with van der Waals surface area (Å²) in [6, 6.07) is 2.64. The topological polar surface area (TPSA) is 52.0 Å². The SMILES string of the molecule is CS(=O)(=O)CCn1c(CCl)nc2cc(F)c(Cl)cc21. The monoisotopic (exact) mass is 324 g/mol. The first-order valence-corrected chi connectivity index (χ1v) is 8.37. The zero-order valence-electron chi connectivity index (χ0n) is 10.0. The molecule has 0 spiro atoms. The Kier molecular flexibility index (Phi) is 4.03. The van der Waals surface area contributed by atoms with Crippen molar-refractivity contribution in [3.05, 3.63) is 28.8 Å². The Morgan fingerprint density at radius 1 is 1.42 bits per heavy atom. The first-order valence-electron chi connectivity index (χ1n) is 5.39. The van der Waals surface area contributed by atoms with Crippen LogP contribution in [0.5, 0.6) is 0 Å². The molecule has 2 aromatic rings. The van der Waals surface area contributed by atoms with Crippen LogP contribution in [0, 0.1) is 5.82 Å². The molecule has 0 saturated heterocycles. The van der Waals surface area contributed by atoms with Crippen LogP contribution in [0.2, 0.25) is 5.02 Å². The normalized spacial score (nSPS) is 12.2. The van der Waals surface area contributed by atoms with Crippen LogP contribution in [0.4, 0.5) is 4.39 Å². The Hall–Kier alpha value is -0.850. The van der Waals surface area contributed by atoms with Crippen molar-refractivity contribution in [2.24, 2.45) is 0 Å². The third kappa shape index (κ3) is 3.19. The molecule has 0 bridgehead atoms. The van der Waals surface area contributed by atoms with E-state index in [1.165, 1.54) is 12.1 Å². The quantitative estimate of drug-likeness (QED) is 0.812. The van der Waals surface area contributed by atoms with Gasteiger partial charge in [0.15, 0.2) is 0 Å². The van der Waals surface area contributed by atoms with Gasteiger partial charge in [0.05, 0.1) is 27.7 Å². The molecule has 0 fully saturated rings. The fourth-order valence-electron chi connectivity index (χ4n) is 1.78. The van der Waals surface area contributed by atoms with Gasteiger partial charge in [0, 0.05) is 18.9 Å². The standard InChI is InChI=1S/C11H11Cl2FN2O2S/c1-19(17,18)3-2-16-10-4-7(13)8(14)5-9(10)15-11(16)6-12/h4-5H,2-3,6H2,1H3. The summed E-state index contributed by atoms with van der Waals surface area (Å²) in [5.74, 6) is -0.0142. The lowest BCUT2D eigenvalue weighted by atomic mass is 10.3. The molecule has 0 aliphatic carbocycles. The number of hydrogen-bond acceptors (Lipinski definition) is 3. The maximum absolute atomic E-state index is 13.4. The van der Waals surface area contributed by atoms with Gasteiger partial charge < -0.3 is 4.57 Å². The van der Waals surface area contributed by atoms with E-state index < -0.39 is 15.7 Å². The van der Waals surface area contributed by atoms with Crippen molar-refractivity contribution < 1.29 is 12.8 Å². The summed E-state index contributed by atoms with van der Waals surface area (Å²) in [6.45, 7) is 0.208. The maximum atomic E-state index is 13.4. The molecule has 0 radical (unpaired) electrons. The Balaban J connectivity index is 2.54. The zero-order valence-corrected chi connectivity index (χ0v) is 12.4. The van der Waals surface area contributed by atoms with Crippen LogP contribution in [0.25, 0.3) is 11.0 Å².